The predicted octanol–water partition coefficient (Wildman–Crippen LogP) is 1.35. The number of anilines is 1. The normalized spacial score (nSPS) is 11.4. The van der Waals surface area contributed by atoms with E-state index in [-0.39, 0.29) is 18.0 Å². The molecule has 0 aromatic carbocycles. The SMILES string of the molecule is CCOc1nc(N)nc(OCCN(C(C)C)C(C)C)n1. The first kappa shape index (κ1) is 16.4. The van der Waals surface area contributed by atoms with Gasteiger partial charge in [-0.1, -0.05) is 0 Å². The van der Waals surface area contributed by atoms with Crippen LogP contribution in [0.3, 0.4) is 0 Å². The van der Waals surface area contributed by atoms with Gasteiger partial charge in [0.05, 0.1) is 6.61 Å². The topological polar surface area (TPSA) is 86.4 Å². The maximum absolute atomic E-state index is 5.59. The highest BCUT2D eigenvalue weighted by Crippen LogP contribution is 2.11. The second-order valence-electron chi connectivity index (χ2n) is 4.97. The molecule has 0 atom stereocenters. The zero-order valence-electron chi connectivity index (χ0n) is 13.0. The van der Waals surface area contributed by atoms with Crippen molar-refractivity contribution in [1.82, 2.24) is 19.9 Å². The molecule has 0 fully saturated rings. The van der Waals surface area contributed by atoms with Gasteiger partial charge in [-0.3, -0.25) is 4.90 Å². The van der Waals surface area contributed by atoms with Crippen LogP contribution in [0.25, 0.3) is 0 Å². The number of nitrogens with two attached hydrogens (primary N) is 1. The van der Waals surface area contributed by atoms with Crippen LogP contribution in [0.5, 0.6) is 12.0 Å². The Morgan fingerprint density at radius 2 is 1.55 bits per heavy atom. The number of nitrogen functional groups attached to an aromatic ring is 1. The van der Waals surface area contributed by atoms with Crippen LogP contribution >= 0.6 is 0 Å². The smallest absolute Gasteiger partial charge is 0.324 e. The van der Waals surface area contributed by atoms with Crippen LogP contribution in [-0.2, 0) is 0 Å². The molecule has 1 aromatic heterocycles. The largest absolute Gasteiger partial charge is 0.464 e. The van der Waals surface area contributed by atoms with Gasteiger partial charge in [-0.05, 0) is 34.6 Å². The lowest BCUT2D eigenvalue weighted by atomic mass is 10.2. The summed E-state index contributed by atoms with van der Waals surface area (Å²) in [6, 6.07) is 1.31. The first-order valence-corrected chi connectivity index (χ1v) is 6.97. The molecule has 0 amide bonds. The van der Waals surface area contributed by atoms with Crippen LogP contribution in [0.2, 0.25) is 0 Å². The molecule has 1 aromatic rings. The van der Waals surface area contributed by atoms with Crippen molar-refractivity contribution in [2.75, 3.05) is 25.5 Å². The third-order valence-corrected chi connectivity index (χ3v) is 2.79. The molecule has 0 saturated carbocycles. The van der Waals surface area contributed by atoms with Crippen LogP contribution in [0.1, 0.15) is 34.6 Å². The summed E-state index contributed by atoms with van der Waals surface area (Å²) >= 11 is 0. The summed E-state index contributed by atoms with van der Waals surface area (Å²) in [4.78, 5) is 14.2. The van der Waals surface area contributed by atoms with E-state index in [4.69, 9.17) is 15.2 Å². The standard InChI is InChI=1S/C13H25N5O2/c1-6-19-12-15-11(14)16-13(17-12)20-8-7-18(9(2)3)10(4)5/h9-10H,6-8H2,1-5H3,(H2,14,15,16,17). The van der Waals surface area contributed by atoms with Gasteiger partial charge in [0.1, 0.15) is 6.61 Å². The molecule has 114 valence electrons. The number of ether oxygens (including phenoxy) is 2. The molecule has 0 aliphatic rings. The van der Waals surface area contributed by atoms with Crippen LogP contribution in [0, 0.1) is 0 Å². The molecule has 0 radical (unpaired) electrons. The summed E-state index contributed by atoms with van der Waals surface area (Å²) in [5, 5.41) is 0. The Morgan fingerprint density at radius 1 is 1.00 bits per heavy atom. The van der Waals surface area contributed by atoms with E-state index in [1.807, 2.05) is 6.92 Å². The predicted molar refractivity (Wildman–Crippen MR) is 77.9 cm³/mol. The molecule has 0 aliphatic carbocycles. The molecule has 1 heterocycles. The van der Waals surface area contributed by atoms with Crippen molar-refractivity contribution in [2.24, 2.45) is 0 Å². The van der Waals surface area contributed by atoms with E-state index in [1.54, 1.807) is 0 Å². The van der Waals surface area contributed by atoms with Crippen LogP contribution < -0.4 is 15.2 Å². The van der Waals surface area contributed by atoms with E-state index < -0.39 is 0 Å². The first-order chi connectivity index (χ1) is 9.43. The Morgan fingerprint density at radius 3 is 2.05 bits per heavy atom. The summed E-state index contributed by atoms with van der Waals surface area (Å²) in [7, 11) is 0. The molecule has 2 N–H and O–H groups in total. The monoisotopic (exact) mass is 283 g/mol. The molecule has 0 saturated heterocycles. The summed E-state index contributed by atoms with van der Waals surface area (Å²) in [5.41, 5.74) is 5.59. The highest BCUT2D eigenvalue weighted by Gasteiger charge is 2.13. The van der Waals surface area contributed by atoms with Gasteiger partial charge < -0.3 is 15.2 Å². The Hall–Kier alpha value is -1.63. The third kappa shape index (κ3) is 5.16. The number of nitrogens with zero attached hydrogens (tertiary/aromatic N) is 4. The average molecular weight is 283 g/mol. The van der Waals surface area contributed by atoms with Crippen molar-refractivity contribution in [2.45, 2.75) is 46.7 Å². The molecule has 7 nitrogen and oxygen atoms in total. The van der Waals surface area contributed by atoms with Crippen LogP contribution in [-0.4, -0.2) is 51.7 Å². The van der Waals surface area contributed by atoms with Crippen LogP contribution in [0.15, 0.2) is 0 Å². The Kier molecular flexibility index (Phi) is 6.44. The molecule has 0 bridgehead atoms. The number of rotatable bonds is 8. The van der Waals surface area contributed by atoms with E-state index >= 15 is 0 Å². The molecular weight excluding hydrogens is 258 g/mol. The Labute approximate surface area is 120 Å². The lowest BCUT2D eigenvalue weighted by molar-refractivity contribution is 0.137. The maximum atomic E-state index is 5.59. The first-order valence-electron chi connectivity index (χ1n) is 6.97. The highest BCUT2D eigenvalue weighted by molar-refractivity contribution is 5.20. The lowest BCUT2D eigenvalue weighted by Crippen LogP contribution is -2.39. The van der Waals surface area contributed by atoms with Gasteiger partial charge in [-0.25, -0.2) is 0 Å². The second-order valence-corrected chi connectivity index (χ2v) is 4.97. The average Bonchev–Trinajstić information content (AvgIpc) is 2.33. The number of hydrogen-bond donors (Lipinski definition) is 1. The number of hydrogen-bond acceptors (Lipinski definition) is 7. The molecule has 0 aliphatic heterocycles. The minimum Gasteiger partial charge on any atom is -0.464 e. The van der Waals surface area contributed by atoms with Gasteiger partial charge >= 0.3 is 12.0 Å². The van der Waals surface area contributed by atoms with E-state index in [0.29, 0.717) is 25.3 Å². The van der Waals surface area contributed by atoms with Gasteiger partial charge in [0.15, 0.2) is 0 Å². The Bertz CT molecular complexity index is 404. The fourth-order valence-electron chi connectivity index (χ4n) is 1.97. The van der Waals surface area contributed by atoms with Gasteiger partial charge in [0.2, 0.25) is 5.95 Å². The van der Waals surface area contributed by atoms with E-state index in [2.05, 4.69) is 47.5 Å². The summed E-state index contributed by atoms with van der Waals surface area (Å²) in [6.45, 7) is 12.3. The molecule has 0 unspecified atom stereocenters. The van der Waals surface area contributed by atoms with E-state index in [0.717, 1.165) is 6.54 Å². The molecule has 0 spiro atoms. The van der Waals surface area contributed by atoms with Crippen molar-refractivity contribution >= 4 is 5.95 Å². The van der Waals surface area contributed by atoms with Gasteiger partial charge in [0.25, 0.3) is 0 Å². The van der Waals surface area contributed by atoms with Crippen molar-refractivity contribution in [3.05, 3.63) is 0 Å². The van der Waals surface area contributed by atoms with Gasteiger partial charge in [-0.2, -0.15) is 9.97 Å². The lowest BCUT2D eigenvalue weighted by Gasteiger charge is -2.30. The second kappa shape index (κ2) is 7.84. The third-order valence-electron chi connectivity index (χ3n) is 2.79. The molecule has 1 rings (SSSR count). The summed E-state index contributed by atoms with van der Waals surface area (Å²) < 4.78 is 10.7. The van der Waals surface area contributed by atoms with E-state index in [9.17, 15) is 0 Å². The highest BCUT2D eigenvalue weighted by atomic mass is 16.5. The zero-order chi connectivity index (χ0) is 15.1. The maximum Gasteiger partial charge on any atom is 0.324 e. The van der Waals surface area contributed by atoms with Crippen molar-refractivity contribution in [3.8, 4) is 12.0 Å². The fourth-order valence-corrected chi connectivity index (χ4v) is 1.97. The number of aromatic nitrogens is 3. The minimum atomic E-state index is 0.100. The quantitative estimate of drug-likeness (QED) is 0.770. The summed E-state index contributed by atoms with van der Waals surface area (Å²) in [6.07, 6.45) is 0. The van der Waals surface area contributed by atoms with Gasteiger partial charge in [0, 0.05) is 18.6 Å². The van der Waals surface area contributed by atoms with Crippen LogP contribution in [0.4, 0.5) is 5.95 Å². The zero-order valence-corrected chi connectivity index (χ0v) is 13.0. The van der Waals surface area contributed by atoms with E-state index in [1.165, 1.54) is 0 Å². The minimum absolute atomic E-state index is 0.100. The van der Waals surface area contributed by atoms with Crippen molar-refractivity contribution in [1.29, 1.82) is 0 Å². The summed E-state index contributed by atoms with van der Waals surface area (Å²) in [5.74, 6) is 0.100. The molecule has 7 heteroatoms. The molecule has 20 heavy (non-hydrogen) atoms. The Balaban J connectivity index is 2.56. The fraction of sp³-hybridized carbons (Fsp3) is 0.769. The van der Waals surface area contributed by atoms with Crippen molar-refractivity contribution < 1.29 is 9.47 Å². The molecular formula is C13H25N5O2. The van der Waals surface area contributed by atoms with Crippen molar-refractivity contribution in [3.63, 3.8) is 0 Å². The van der Waals surface area contributed by atoms with Gasteiger partial charge in [-0.15, -0.1) is 4.98 Å².